The van der Waals surface area contributed by atoms with Gasteiger partial charge in [-0.05, 0) is 107 Å². The van der Waals surface area contributed by atoms with Gasteiger partial charge in [-0.25, -0.2) is 0 Å². The van der Waals surface area contributed by atoms with E-state index < -0.39 is 0 Å². The van der Waals surface area contributed by atoms with E-state index >= 15 is 0 Å². The maximum Gasteiger partial charge on any atom is 0.0139 e. The first kappa shape index (κ1) is 31.9. The van der Waals surface area contributed by atoms with E-state index in [9.17, 15) is 0 Å². The first-order chi connectivity index (χ1) is 19.2. The fraction of sp³-hybridized carbons (Fsp3) is 0.676. The van der Waals surface area contributed by atoms with E-state index in [1.807, 2.05) is 13.8 Å². The SMILES string of the molecule is CC.CCCC(Cc1ccccc1)N1CC2CCC1CC2.CCCC(Cc1ccccc1C)N1CCCCC1. The fourth-order valence-corrected chi connectivity index (χ4v) is 7.28. The van der Waals surface area contributed by atoms with Crippen molar-refractivity contribution in [2.45, 2.75) is 136 Å². The van der Waals surface area contributed by atoms with Gasteiger partial charge in [0.25, 0.3) is 0 Å². The van der Waals surface area contributed by atoms with Crippen molar-refractivity contribution in [1.29, 1.82) is 0 Å². The smallest absolute Gasteiger partial charge is 0.0139 e. The number of piperidine rings is 3. The Balaban J connectivity index is 0.000000203. The molecule has 0 spiro atoms. The Hall–Kier alpha value is -1.64. The number of benzene rings is 2. The van der Waals surface area contributed by atoms with Gasteiger partial charge in [0.15, 0.2) is 0 Å². The van der Waals surface area contributed by atoms with Crippen LogP contribution in [0.25, 0.3) is 0 Å². The molecule has 218 valence electrons. The van der Waals surface area contributed by atoms with Crippen molar-refractivity contribution >= 4 is 0 Å². The molecule has 0 N–H and O–H groups in total. The third-order valence-corrected chi connectivity index (χ3v) is 9.41. The second-order valence-corrected chi connectivity index (χ2v) is 12.2. The molecular formula is C37H60N2. The molecule has 2 atom stereocenters. The lowest BCUT2D eigenvalue weighted by Crippen LogP contribution is -2.53. The minimum absolute atomic E-state index is 0.761. The molecule has 3 saturated heterocycles. The van der Waals surface area contributed by atoms with Gasteiger partial charge in [-0.3, -0.25) is 4.90 Å². The third kappa shape index (κ3) is 10.0. The summed E-state index contributed by atoms with van der Waals surface area (Å²) in [5.74, 6) is 1.00. The Kier molecular flexibility index (Phi) is 14.7. The van der Waals surface area contributed by atoms with Gasteiger partial charge >= 0.3 is 0 Å². The van der Waals surface area contributed by atoms with E-state index in [-0.39, 0.29) is 0 Å². The van der Waals surface area contributed by atoms with Crippen molar-refractivity contribution in [2.75, 3.05) is 19.6 Å². The summed E-state index contributed by atoms with van der Waals surface area (Å²) in [5, 5.41) is 0. The van der Waals surface area contributed by atoms with Crippen molar-refractivity contribution in [3.63, 3.8) is 0 Å². The van der Waals surface area contributed by atoms with E-state index in [2.05, 4.69) is 85.2 Å². The second kappa shape index (κ2) is 17.9. The zero-order valence-corrected chi connectivity index (χ0v) is 26.2. The molecule has 2 aromatic rings. The van der Waals surface area contributed by atoms with Gasteiger partial charge < -0.3 is 4.90 Å². The second-order valence-electron chi connectivity index (χ2n) is 12.2. The maximum atomic E-state index is 2.87. The number of likely N-dealkylation sites (tertiary alicyclic amines) is 1. The monoisotopic (exact) mass is 532 g/mol. The van der Waals surface area contributed by atoms with Gasteiger partial charge in [0, 0.05) is 24.7 Å². The van der Waals surface area contributed by atoms with Crippen LogP contribution >= 0.6 is 0 Å². The van der Waals surface area contributed by atoms with Crippen LogP contribution in [-0.4, -0.2) is 47.6 Å². The molecule has 1 saturated carbocycles. The molecule has 2 heteroatoms. The molecule has 2 unspecified atom stereocenters. The summed E-state index contributed by atoms with van der Waals surface area (Å²) in [6, 6.07) is 22.4. The summed E-state index contributed by atoms with van der Waals surface area (Å²) in [4.78, 5) is 5.60. The summed E-state index contributed by atoms with van der Waals surface area (Å²) in [7, 11) is 0. The largest absolute Gasteiger partial charge is 0.300 e. The Morgan fingerprint density at radius 3 is 1.92 bits per heavy atom. The molecule has 2 aromatic carbocycles. The zero-order valence-electron chi connectivity index (χ0n) is 26.2. The molecular weight excluding hydrogens is 472 g/mol. The number of rotatable bonds is 10. The quantitative estimate of drug-likeness (QED) is 0.301. The number of nitrogens with zero attached hydrogens (tertiary/aromatic N) is 2. The normalized spacial score (nSPS) is 22.7. The van der Waals surface area contributed by atoms with Crippen LogP contribution in [0, 0.1) is 12.8 Å². The highest BCUT2D eigenvalue weighted by Gasteiger charge is 2.36. The summed E-state index contributed by atoms with van der Waals surface area (Å²) in [6.07, 6.45) is 17.9. The molecule has 1 aliphatic carbocycles. The minimum atomic E-state index is 0.761. The van der Waals surface area contributed by atoms with Gasteiger partial charge in [-0.1, -0.05) is 102 Å². The Morgan fingerprint density at radius 2 is 1.33 bits per heavy atom. The summed E-state index contributed by atoms with van der Waals surface area (Å²) < 4.78 is 0. The predicted molar refractivity (Wildman–Crippen MR) is 172 cm³/mol. The van der Waals surface area contributed by atoms with E-state index in [1.165, 1.54) is 114 Å². The Bertz CT molecular complexity index is 879. The maximum absolute atomic E-state index is 2.87. The van der Waals surface area contributed by atoms with Gasteiger partial charge in [-0.2, -0.15) is 0 Å². The number of aryl methyl sites for hydroxylation is 1. The highest BCUT2D eigenvalue weighted by molar-refractivity contribution is 5.26. The molecule has 2 nitrogen and oxygen atoms in total. The zero-order chi connectivity index (χ0) is 27.9. The lowest BCUT2D eigenvalue weighted by atomic mass is 9.78. The first-order valence-corrected chi connectivity index (χ1v) is 16.8. The van der Waals surface area contributed by atoms with Crippen LogP contribution in [0.4, 0.5) is 0 Å². The summed E-state index contributed by atoms with van der Waals surface area (Å²) in [6.45, 7) is 14.9. The van der Waals surface area contributed by atoms with E-state index in [4.69, 9.17) is 0 Å². The van der Waals surface area contributed by atoms with Gasteiger partial charge in [-0.15, -0.1) is 0 Å². The average Bonchev–Trinajstić information content (AvgIpc) is 3.01. The van der Waals surface area contributed by atoms with Crippen LogP contribution in [0.1, 0.15) is 115 Å². The number of hydrogen-bond acceptors (Lipinski definition) is 2. The highest BCUT2D eigenvalue weighted by Crippen LogP contribution is 2.37. The lowest BCUT2D eigenvalue weighted by molar-refractivity contribution is 0.0106. The minimum Gasteiger partial charge on any atom is -0.300 e. The van der Waals surface area contributed by atoms with E-state index in [0.29, 0.717) is 0 Å². The van der Waals surface area contributed by atoms with Crippen molar-refractivity contribution in [2.24, 2.45) is 5.92 Å². The average molecular weight is 533 g/mol. The summed E-state index contributed by atoms with van der Waals surface area (Å²) in [5.41, 5.74) is 4.51. The molecule has 3 heterocycles. The van der Waals surface area contributed by atoms with Crippen molar-refractivity contribution < 1.29 is 0 Å². The topological polar surface area (TPSA) is 6.48 Å². The fourth-order valence-electron chi connectivity index (χ4n) is 7.28. The van der Waals surface area contributed by atoms with Crippen LogP contribution in [0.2, 0.25) is 0 Å². The number of fused-ring (bicyclic) bond motifs is 3. The molecule has 4 aliphatic rings. The van der Waals surface area contributed by atoms with Crippen LogP contribution < -0.4 is 0 Å². The highest BCUT2D eigenvalue weighted by atomic mass is 15.2. The lowest BCUT2D eigenvalue weighted by Gasteiger charge is -2.49. The van der Waals surface area contributed by atoms with Gasteiger partial charge in [0.05, 0.1) is 0 Å². The standard InChI is InChI=1S/C18H27N.C17H27N.C2H6/c1-2-6-18(13-15-7-4-3-5-8-15)19-14-16-9-11-17(19)12-10-16;1-3-9-17(18-12-7-4-8-13-18)14-16-11-6-5-10-15(16)2;1-2/h3-5,7-8,16-18H,2,6,9-14H2,1H3;5-6,10-11,17H,3-4,7-9,12-14H2,1-2H3;1-2H3. The number of hydrogen-bond donors (Lipinski definition) is 0. The Labute approximate surface area is 242 Å². The molecule has 2 bridgehead atoms. The first-order valence-electron chi connectivity index (χ1n) is 16.8. The van der Waals surface area contributed by atoms with Crippen molar-refractivity contribution in [1.82, 2.24) is 9.80 Å². The summed E-state index contributed by atoms with van der Waals surface area (Å²) >= 11 is 0. The molecule has 3 aliphatic heterocycles. The Morgan fingerprint density at radius 1 is 0.718 bits per heavy atom. The molecule has 6 rings (SSSR count). The molecule has 0 aromatic heterocycles. The van der Waals surface area contributed by atoms with Crippen LogP contribution in [0.5, 0.6) is 0 Å². The van der Waals surface area contributed by atoms with Crippen LogP contribution in [0.15, 0.2) is 54.6 Å². The third-order valence-electron chi connectivity index (χ3n) is 9.41. The van der Waals surface area contributed by atoms with E-state index in [0.717, 1.165) is 24.0 Å². The van der Waals surface area contributed by atoms with Crippen LogP contribution in [0.3, 0.4) is 0 Å². The molecule has 0 radical (unpaired) electrons. The molecule has 0 amide bonds. The van der Waals surface area contributed by atoms with Crippen LogP contribution in [-0.2, 0) is 12.8 Å². The van der Waals surface area contributed by atoms with Gasteiger partial charge in [0.2, 0.25) is 0 Å². The van der Waals surface area contributed by atoms with Gasteiger partial charge in [0.1, 0.15) is 0 Å². The molecule has 39 heavy (non-hydrogen) atoms. The van der Waals surface area contributed by atoms with Crippen molar-refractivity contribution in [3.05, 3.63) is 71.3 Å². The molecule has 4 fully saturated rings. The predicted octanol–water partition coefficient (Wildman–Crippen LogP) is 9.49. The van der Waals surface area contributed by atoms with E-state index in [1.54, 1.807) is 5.56 Å². The van der Waals surface area contributed by atoms with Crippen molar-refractivity contribution in [3.8, 4) is 0 Å².